The maximum absolute atomic E-state index is 9.12. The van der Waals surface area contributed by atoms with Crippen molar-refractivity contribution in [2.75, 3.05) is 5.94 Å². The average Bonchev–Trinajstić information content (AvgIpc) is 1.38. The van der Waals surface area contributed by atoms with Crippen LogP contribution in [0.1, 0.15) is 0 Å². The van der Waals surface area contributed by atoms with E-state index in [2.05, 4.69) is 0 Å². The van der Waals surface area contributed by atoms with Gasteiger partial charge in [0.1, 0.15) is 5.94 Å². The van der Waals surface area contributed by atoms with Gasteiger partial charge in [0.2, 0.25) is 0 Å². The summed E-state index contributed by atoms with van der Waals surface area (Å²) in [6.45, 7) is 0. The van der Waals surface area contributed by atoms with Crippen LogP contribution in [0, 0.1) is 0 Å². The second-order valence-electron chi connectivity index (χ2n) is 0.433. The molecule has 6 nitrogen and oxygen atoms in total. The number of aliphatic hydroxyl groups is 1. The smallest absolute Gasteiger partial charge is 0.771 e. The Morgan fingerprint density at radius 3 is 1.44 bits per heavy atom. The second kappa shape index (κ2) is 23.1. The van der Waals surface area contributed by atoms with Gasteiger partial charge in [0, 0.05) is 0 Å². The summed E-state index contributed by atoms with van der Waals surface area (Å²) < 4.78 is 18.2. The quantitative estimate of drug-likeness (QED) is 0.308. The average molecular weight is 172 g/mol. The van der Waals surface area contributed by atoms with Gasteiger partial charge in [0.15, 0.2) is 0 Å². The van der Waals surface area contributed by atoms with E-state index >= 15 is 0 Å². The Kier molecular flexibility index (Phi) is 83.4. The molecule has 0 amide bonds. The Morgan fingerprint density at radius 1 is 1.33 bits per heavy atom. The van der Waals surface area contributed by atoms with Gasteiger partial charge in [-0.15, -0.1) is 0 Å². The fraction of sp³-hybridized carbons (Fsp3) is 1.00. The molecular weight excluding hydrogens is 163 g/mol. The van der Waals surface area contributed by atoms with E-state index in [1.165, 1.54) is 0 Å². The van der Waals surface area contributed by atoms with E-state index in [9.17, 15) is 0 Å². The molecule has 0 aliphatic rings. The summed E-state index contributed by atoms with van der Waals surface area (Å²) in [5.41, 5.74) is 0. The molecule has 0 rings (SSSR count). The van der Waals surface area contributed by atoms with E-state index in [1.807, 2.05) is 0 Å². The first-order chi connectivity index (χ1) is 2.27. The SMILES string of the molecule is O.O.O.O=S([O-])CO.[Na+]. The minimum Gasteiger partial charge on any atom is -0.771 e. The molecule has 0 radical (unpaired) electrons. The van der Waals surface area contributed by atoms with Crippen molar-refractivity contribution in [1.82, 2.24) is 0 Å². The summed E-state index contributed by atoms with van der Waals surface area (Å²) in [5.74, 6) is -0.778. The zero-order valence-electron chi connectivity index (χ0n) is 4.88. The van der Waals surface area contributed by atoms with Crippen molar-refractivity contribution in [1.29, 1.82) is 0 Å². The van der Waals surface area contributed by atoms with Crippen LogP contribution >= 0.6 is 0 Å². The molecule has 0 heterocycles. The van der Waals surface area contributed by atoms with Crippen molar-refractivity contribution in [2.45, 2.75) is 0 Å². The molecule has 0 fully saturated rings. The zero-order valence-corrected chi connectivity index (χ0v) is 7.70. The van der Waals surface area contributed by atoms with Crippen molar-refractivity contribution < 1.29 is 59.9 Å². The van der Waals surface area contributed by atoms with Gasteiger partial charge in [0.25, 0.3) is 0 Å². The van der Waals surface area contributed by atoms with E-state index in [1.54, 1.807) is 0 Å². The monoisotopic (exact) mass is 172 g/mol. The van der Waals surface area contributed by atoms with E-state index < -0.39 is 17.0 Å². The van der Waals surface area contributed by atoms with Crippen LogP contribution in [0.4, 0.5) is 0 Å². The molecule has 0 aromatic carbocycles. The van der Waals surface area contributed by atoms with E-state index in [-0.39, 0.29) is 46.0 Å². The Labute approximate surface area is 76.8 Å². The molecular formula is CH9NaO6S. The number of aliphatic hydroxyl groups excluding tert-OH is 1. The van der Waals surface area contributed by atoms with Crippen LogP contribution in [-0.2, 0) is 11.1 Å². The molecule has 0 aliphatic carbocycles. The zero-order chi connectivity index (χ0) is 4.28. The van der Waals surface area contributed by atoms with Crippen LogP contribution in [0.5, 0.6) is 0 Å². The molecule has 0 bridgehead atoms. The second-order valence-corrected chi connectivity index (χ2v) is 1.30. The maximum atomic E-state index is 9.12. The first-order valence-electron chi connectivity index (χ1n) is 0.938. The van der Waals surface area contributed by atoms with Gasteiger partial charge >= 0.3 is 29.6 Å². The van der Waals surface area contributed by atoms with Crippen molar-refractivity contribution in [3.8, 4) is 0 Å². The molecule has 9 heavy (non-hydrogen) atoms. The molecule has 0 saturated heterocycles. The molecule has 56 valence electrons. The van der Waals surface area contributed by atoms with E-state index in [0.29, 0.717) is 0 Å². The number of hydrogen-bond donors (Lipinski definition) is 1. The summed E-state index contributed by atoms with van der Waals surface area (Å²) in [4.78, 5) is 0. The minimum atomic E-state index is -2.27. The Balaban J connectivity index is -0.0000000133. The Hall–Kier alpha value is 0.950. The topological polar surface area (TPSA) is 155 Å². The first kappa shape index (κ1) is 32.5. The van der Waals surface area contributed by atoms with Gasteiger partial charge in [-0.25, -0.2) is 0 Å². The van der Waals surface area contributed by atoms with Crippen LogP contribution in [0.3, 0.4) is 0 Å². The van der Waals surface area contributed by atoms with Crippen LogP contribution < -0.4 is 29.6 Å². The summed E-state index contributed by atoms with van der Waals surface area (Å²) >= 11 is -2.27. The van der Waals surface area contributed by atoms with Crippen LogP contribution in [0.2, 0.25) is 0 Å². The van der Waals surface area contributed by atoms with Gasteiger partial charge in [-0.05, 0) is 11.1 Å². The third-order valence-corrected chi connectivity index (χ3v) is 0.316. The first-order valence-corrected chi connectivity index (χ1v) is 2.18. The summed E-state index contributed by atoms with van der Waals surface area (Å²) in [6, 6.07) is 0. The molecule has 0 aliphatic heterocycles. The van der Waals surface area contributed by atoms with Crippen molar-refractivity contribution in [3.63, 3.8) is 0 Å². The molecule has 0 saturated carbocycles. The molecule has 1 atom stereocenters. The predicted molar refractivity (Wildman–Crippen MR) is 26.8 cm³/mol. The van der Waals surface area contributed by atoms with E-state index in [0.717, 1.165) is 0 Å². The standard InChI is InChI=1S/CH4O3S.Na.3H2O/c2-1-5(3)4;;;;/h2H,1H2,(H,3,4);;3*1H2/q;+1;;;/p-1. The van der Waals surface area contributed by atoms with Crippen molar-refractivity contribution in [3.05, 3.63) is 0 Å². The third kappa shape index (κ3) is 49.7. The summed E-state index contributed by atoms with van der Waals surface area (Å²) in [7, 11) is 0. The van der Waals surface area contributed by atoms with Crippen LogP contribution in [0.15, 0.2) is 0 Å². The number of rotatable bonds is 1. The maximum Gasteiger partial charge on any atom is 1.00 e. The van der Waals surface area contributed by atoms with Gasteiger partial charge in [-0.3, -0.25) is 4.21 Å². The molecule has 0 spiro atoms. The fourth-order valence-electron chi connectivity index (χ4n) is 0. The van der Waals surface area contributed by atoms with Crippen molar-refractivity contribution in [2.24, 2.45) is 0 Å². The fourth-order valence-corrected chi connectivity index (χ4v) is 0. The largest absolute Gasteiger partial charge is 1.00 e. The Morgan fingerprint density at radius 2 is 1.44 bits per heavy atom. The van der Waals surface area contributed by atoms with Crippen LogP contribution in [-0.4, -0.2) is 36.2 Å². The van der Waals surface area contributed by atoms with E-state index in [4.69, 9.17) is 13.9 Å². The number of hydrogen-bond acceptors (Lipinski definition) is 3. The molecule has 0 aromatic rings. The molecule has 8 heteroatoms. The predicted octanol–water partition coefficient (Wildman–Crippen LogP) is -6.65. The summed E-state index contributed by atoms with van der Waals surface area (Å²) in [5, 5.41) is 7.53. The van der Waals surface area contributed by atoms with Gasteiger partial charge in [-0.2, -0.15) is 0 Å². The molecule has 7 N–H and O–H groups in total. The Bertz CT molecular complexity index is 48.3. The van der Waals surface area contributed by atoms with Crippen molar-refractivity contribution >= 4 is 11.1 Å². The molecule has 1 unspecified atom stereocenters. The normalized spacial score (nSPS) is 8.22. The third-order valence-electron chi connectivity index (χ3n) is 0.105. The minimum absolute atomic E-state index is 0. The summed E-state index contributed by atoms with van der Waals surface area (Å²) in [6.07, 6.45) is 0. The van der Waals surface area contributed by atoms with Gasteiger partial charge in [0.05, 0.1) is 0 Å². The van der Waals surface area contributed by atoms with Crippen LogP contribution in [0.25, 0.3) is 0 Å². The van der Waals surface area contributed by atoms with Gasteiger partial charge in [-0.1, -0.05) is 0 Å². The molecule has 0 aromatic heterocycles. The van der Waals surface area contributed by atoms with Gasteiger partial charge < -0.3 is 26.1 Å².